The molecule has 3 aromatic rings. The van der Waals surface area contributed by atoms with Gasteiger partial charge in [-0.1, -0.05) is 18.2 Å². The molecule has 6 nitrogen and oxygen atoms in total. The Kier molecular flexibility index (Phi) is 4.64. The summed E-state index contributed by atoms with van der Waals surface area (Å²) in [5.41, 5.74) is 0.0256. The van der Waals surface area contributed by atoms with Crippen molar-refractivity contribution in [3.05, 3.63) is 78.5 Å². The molecule has 25 heavy (non-hydrogen) atoms. The lowest BCUT2D eigenvalue weighted by Gasteiger charge is -2.09. The van der Waals surface area contributed by atoms with Crippen molar-refractivity contribution < 1.29 is 17.3 Å². The van der Waals surface area contributed by atoms with Crippen LogP contribution in [0.1, 0.15) is 5.56 Å². The van der Waals surface area contributed by atoms with Gasteiger partial charge in [-0.25, -0.2) is 4.98 Å². The molecule has 1 aromatic heterocycles. The Hall–Kier alpha value is -3.37. The molecule has 0 spiro atoms. The average Bonchev–Trinajstić information content (AvgIpc) is 2.64. The van der Waals surface area contributed by atoms with E-state index in [1.807, 2.05) is 6.07 Å². The molecule has 0 fully saturated rings. The molecule has 0 aliphatic carbocycles. The number of rotatable bonds is 5. The Labute approximate surface area is 145 Å². The number of aromatic nitrogens is 1. The van der Waals surface area contributed by atoms with Crippen molar-refractivity contribution in [1.82, 2.24) is 4.98 Å². The third-order valence-electron chi connectivity index (χ3n) is 3.17. The van der Waals surface area contributed by atoms with Gasteiger partial charge in [-0.15, -0.1) is 0 Å². The van der Waals surface area contributed by atoms with E-state index < -0.39 is 10.1 Å². The molecule has 0 radical (unpaired) electrons. The molecule has 124 valence electrons. The molecule has 0 atom stereocenters. The van der Waals surface area contributed by atoms with E-state index >= 15 is 0 Å². The maximum absolute atomic E-state index is 12.3. The third-order valence-corrected chi connectivity index (χ3v) is 4.47. The van der Waals surface area contributed by atoms with E-state index in [-0.39, 0.29) is 16.2 Å². The fraction of sp³-hybridized carbons (Fsp3) is 0. The van der Waals surface area contributed by atoms with Crippen molar-refractivity contribution in [2.24, 2.45) is 0 Å². The van der Waals surface area contributed by atoms with Gasteiger partial charge in [0.05, 0.1) is 5.56 Å². The Morgan fingerprint density at radius 3 is 2.24 bits per heavy atom. The molecular formula is C18H12N2O4S. The number of ether oxygens (including phenoxy) is 1. The molecule has 0 saturated heterocycles. The summed E-state index contributed by atoms with van der Waals surface area (Å²) in [5.74, 6) is 1.02. The number of nitriles is 1. The minimum absolute atomic E-state index is 0.0256. The fourth-order valence-corrected chi connectivity index (χ4v) is 3.12. The molecule has 7 heteroatoms. The molecule has 1 heterocycles. The van der Waals surface area contributed by atoms with Crippen molar-refractivity contribution in [3.63, 3.8) is 0 Å². The third kappa shape index (κ3) is 3.94. The van der Waals surface area contributed by atoms with Gasteiger partial charge in [-0.3, -0.25) is 0 Å². The standard InChI is InChI=1S/C18H12N2O4S/c19-13-14-5-1-2-6-17(14)25(21,22)24-16-10-8-15(9-11-16)23-18-7-3-4-12-20-18/h1-12H. The van der Waals surface area contributed by atoms with Crippen LogP contribution in [-0.2, 0) is 10.1 Å². The van der Waals surface area contributed by atoms with Crippen LogP contribution in [0.5, 0.6) is 17.4 Å². The van der Waals surface area contributed by atoms with Crippen LogP contribution in [0.25, 0.3) is 0 Å². The molecule has 0 saturated carbocycles. The minimum atomic E-state index is -4.10. The van der Waals surface area contributed by atoms with Crippen molar-refractivity contribution >= 4 is 10.1 Å². The second-order valence-corrected chi connectivity index (χ2v) is 6.40. The number of hydrogen-bond donors (Lipinski definition) is 0. The number of hydrogen-bond acceptors (Lipinski definition) is 6. The van der Waals surface area contributed by atoms with Crippen LogP contribution in [0.2, 0.25) is 0 Å². The number of benzene rings is 2. The first-order valence-electron chi connectivity index (χ1n) is 7.21. The second-order valence-electron chi connectivity index (χ2n) is 4.89. The highest BCUT2D eigenvalue weighted by Gasteiger charge is 2.20. The fourth-order valence-electron chi connectivity index (χ4n) is 2.04. The number of pyridine rings is 1. The molecule has 0 bridgehead atoms. The predicted molar refractivity (Wildman–Crippen MR) is 89.7 cm³/mol. The molecule has 3 rings (SSSR count). The highest BCUT2D eigenvalue weighted by Crippen LogP contribution is 2.25. The summed E-state index contributed by atoms with van der Waals surface area (Å²) in [6.45, 7) is 0. The first-order chi connectivity index (χ1) is 12.1. The molecule has 0 N–H and O–H groups in total. The molecule has 0 unspecified atom stereocenters. The van der Waals surface area contributed by atoms with Crippen molar-refractivity contribution in [2.75, 3.05) is 0 Å². The van der Waals surface area contributed by atoms with Crippen LogP contribution in [-0.4, -0.2) is 13.4 Å². The monoisotopic (exact) mass is 352 g/mol. The Morgan fingerprint density at radius 1 is 0.880 bits per heavy atom. The first-order valence-corrected chi connectivity index (χ1v) is 8.62. The zero-order valence-corrected chi connectivity index (χ0v) is 13.7. The normalized spacial score (nSPS) is 10.7. The van der Waals surface area contributed by atoms with E-state index in [1.54, 1.807) is 42.6 Å². The van der Waals surface area contributed by atoms with E-state index in [0.717, 1.165) is 0 Å². The van der Waals surface area contributed by atoms with Crippen LogP contribution >= 0.6 is 0 Å². The lowest BCUT2D eigenvalue weighted by atomic mass is 10.2. The summed E-state index contributed by atoms with van der Waals surface area (Å²) >= 11 is 0. The highest BCUT2D eigenvalue weighted by molar-refractivity contribution is 7.87. The van der Waals surface area contributed by atoms with Gasteiger partial charge < -0.3 is 8.92 Å². The summed E-state index contributed by atoms with van der Waals surface area (Å²) in [5, 5.41) is 9.03. The largest absolute Gasteiger partial charge is 0.439 e. The smallest absolute Gasteiger partial charge is 0.340 e. The van der Waals surface area contributed by atoms with Crippen molar-refractivity contribution in [3.8, 4) is 23.4 Å². The van der Waals surface area contributed by atoms with Gasteiger partial charge in [0.25, 0.3) is 0 Å². The Morgan fingerprint density at radius 2 is 1.56 bits per heavy atom. The summed E-state index contributed by atoms with van der Waals surface area (Å²) in [6, 6.07) is 19.0. The van der Waals surface area contributed by atoms with E-state index in [1.165, 1.54) is 30.3 Å². The zero-order valence-electron chi connectivity index (χ0n) is 12.9. The molecule has 2 aromatic carbocycles. The molecule has 0 aliphatic rings. The van der Waals surface area contributed by atoms with Gasteiger partial charge in [-0.2, -0.15) is 13.7 Å². The van der Waals surface area contributed by atoms with Gasteiger partial charge in [0.2, 0.25) is 5.88 Å². The van der Waals surface area contributed by atoms with Crippen LogP contribution in [0.4, 0.5) is 0 Å². The molecular weight excluding hydrogens is 340 g/mol. The zero-order chi connectivity index (χ0) is 17.7. The van der Waals surface area contributed by atoms with Crippen molar-refractivity contribution in [2.45, 2.75) is 4.90 Å². The Bertz CT molecular complexity index is 1010. The maximum Gasteiger partial charge on any atom is 0.340 e. The number of nitrogens with zero attached hydrogens (tertiary/aromatic N) is 2. The minimum Gasteiger partial charge on any atom is -0.439 e. The van der Waals surface area contributed by atoms with E-state index in [2.05, 4.69) is 4.98 Å². The Balaban J connectivity index is 1.78. The van der Waals surface area contributed by atoms with Crippen LogP contribution in [0, 0.1) is 11.3 Å². The highest BCUT2D eigenvalue weighted by atomic mass is 32.2. The second kappa shape index (κ2) is 7.03. The van der Waals surface area contributed by atoms with Crippen LogP contribution < -0.4 is 8.92 Å². The van der Waals surface area contributed by atoms with Gasteiger partial charge >= 0.3 is 10.1 Å². The van der Waals surface area contributed by atoms with Gasteiger partial charge in [0.1, 0.15) is 22.5 Å². The predicted octanol–water partition coefficient (Wildman–Crippen LogP) is 3.51. The first kappa shape index (κ1) is 16.5. The summed E-state index contributed by atoms with van der Waals surface area (Å²) < 4.78 is 35.3. The van der Waals surface area contributed by atoms with Crippen LogP contribution in [0.3, 0.4) is 0 Å². The quantitative estimate of drug-likeness (QED) is 0.653. The average molecular weight is 352 g/mol. The molecule has 0 amide bonds. The van der Waals surface area contributed by atoms with E-state index in [9.17, 15) is 8.42 Å². The maximum atomic E-state index is 12.3. The van der Waals surface area contributed by atoms with Gasteiger partial charge in [0.15, 0.2) is 0 Å². The van der Waals surface area contributed by atoms with Crippen molar-refractivity contribution in [1.29, 1.82) is 5.26 Å². The lowest BCUT2D eigenvalue weighted by Crippen LogP contribution is -2.11. The lowest BCUT2D eigenvalue weighted by molar-refractivity contribution is 0.459. The topological polar surface area (TPSA) is 89.3 Å². The summed E-state index contributed by atoms with van der Waals surface area (Å²) in [6.07, 6.45) is 1.60. The summed E-state index contributed by atoms with van der Waals surface area (Å²) in [7, 11) is -4.10. The molecule has 0 aliphatic heterocycles. The summed E-state index contributed by atoms with van der Waals surface area (Å²) in [4.78, 5) is 3.86. The SMILES string of the molecule is N#Cc1ccccc1S(=O)(=O)Oc1ccc(Oc2ccccn2)cc1. The van der Waals surface area contributed by atoms with E-state index in [4.69, 9.17) is 14.2 Å². The van der Waals surface area contributed by atoms with Crippen LogP contribution in [0.15, 0.2) is 77.8 Å². The van der Waals surface area contributed by atoms with E-state index in [0.29, 0.717) is 11.6 Å². The van der Waals surface area contributed by atoms with Gasteiger partial charge in [0, 0.05) is 12.3 Å². The van der Waals surface area contributed by atoms with Gasteiger partial charge in [-0.05, 0) is 42.5 Å².